The molecule has 5 aromatic carbocycles. The number of methoxy groups -OCH3 is 1. The zero-order chi connectivity index (χ0) is 40.2. The Kier molecular flexibility index (Phi) is 15.2. The summed E-state index contributed by atoms with van der Waals surface area (Å²) in [4.78, 5) is 0. The largest absolute Gasteiger partial charge is 0.374 e. The van der Waals surface area contributed by atoms with E-state index in [4.69, 9.17) is 47.4 Å². The molecule has 11 heteroatoms. The van der Waals surface area contributed by atoms with E-state index in [1.165, 1.54) is 0 Å². The molecule has 59 heavy (non-hydrogen) atoms. The Labute approximate surface area is 360 Å². The smallest absolute Gasteiger partial charge is 0.186 e. The van der Waals surface area contributed by atoms with Crippen LogP contribution < -0.4 is 0 Å². The van der Waals surface area contributed by atoms with Gasteiger partial charge in [0.1, 0.15) is 42.7 Å². The van der Waals surface area contributed by atoms with Crippen molar-refractivity contribution in [3.63, 3.8) is 0 Å². The SMILES string of the molecule is CO[C@H]1O[C@@H]2CO[C@@H](c3ccccc3)O[C@H]2[C@H](OCc2ccccc2)[C@H]1O[C@@H]1O[C@H](COCc2ccccc2)[C@@H](OCc2ccccc2)[C@@H](OCc2ccccc2)[C@H]1I. The van der Waals surface area contributed by atoms with E-state index in [1.807, 2.05) is 127 Å². The first-order valence-electron chi connectivity index (χ1n) is 20.2. The Hall–Kier alpha value is -3.57. The number of halogens is 1. The number of hydrogen-bond donors (Lipinski definition) is 0. The molecule has 0 N–H and O–H groups in total. The molecule has 3 saturated heterocycles. The van der Waals surface area contributed by atoms with Crippen LogP contribution in [-0.2, 0) is 73.8 Å². The van der Waals surface area contributed by atoms with Crippen LogP contribution in [0.2, 0.25) is 0 Å². The zero-order valence-corrected chi connectivity index (χ0v) is 35.1. The maximum absolute atomic E-state index is 7.11. The molecule has 5 aromatic rings. The maximum atomic E-state index is 7.11. The summed E-state index contributed by atoms with van der Waals surface area (Å²) >= 11 is 2.38. The molecule has 10 nitrogen and oxygen atoms in total. The fourth-order valence-electron chi connectivity index (χ4n) is 7.67. The highest BCUT2D eigenvalue weighted by Gasteiger charge is 2.55. The van der Waals surface area contributed by atoms with Crippen molar-refractivity contribution in [2.75, 3.05) is 20.3 Å². The zero-order valence-electron chi connectivity index (χ0n) is 33.0. The van der Waals surface area contributed by atoms with Gasteiger partial charge in [-0.1, -0.05) is 174 Å². The van der Waals surface area contributed by atoms with Crippen LogP contribution in [0.5, 0.6) is 0 Å². The third-order valence-corrected chi connectivity index (χ3v) is 12.0. The molecule has 3 aliphatic rings. The Bertz CT molecular complexity index is 1950. The molecule has 3 heterocycles. The van der Waals surface area contributed by atoms with Gasteiger partial charge in [-0.15, -0.1) is 0 Å². The molecule has 0 radical (unpaired) electrons. The topological polar surface area (TPSA) is 92.3 Å². The fourth-order valence-corrected chi connectivity index (χ4v) is 8.63. The van der Waals surface area contributed by atoms with E-state index in [2.05, 4.69) is 46.9 Å². The number of alkyl halides is 1. The van der Waals surface area contributed by atoms with Gasteiger partial charge in [-0.25, -0.2) is 0 Å². The van der Waals surface area contributed by atoms with Crippen molar-refractivity contribution in [2.24, 2.45) is 0 Å². The van der Waals surface area contributed by atoms with Gasteiger partial charge in [0, 0.05) is 12.7 Å². The third-order valence-electron chi connectivity index (χ3n) is 10.7. The minimum Gasteiger partial charge on any atom is -0.374 e. The highest BCUT2D eigenvalue weighted by molar-refractivity contribution is 14.1. The summed E-state index contributed by atoms with van der Waals surface area (Å²) < 4.78 is 66.0. The molecule has 0 spiro atoms. The maximum Gasteiger partial charge on any atom is 0.186 e. The highest BCUT2D eigenvalue weighted by atomic mass is 127. The summed E-state index contributed by atoms with van der Waals surface area (Å²) in [5.41, 5.74) is 5.06. The van der Waals surface area contributed by atoms with Crippen molar-refractivity contribution in [3.8, 4) is 0 Å². The van der Waals surface area contributed by atoms with Crippen molar-refractivity contribution in [1.29, 1.82) is 0 Å². The second-order valence-electron chi connectivity index (χ2n) is 14.8. The summed E-state index contributed by atoms with van der Waals surface area (Å²) in [6.45, 7) is 1.98. The van der Waals surface area contributed by atoms with Crippen molar-refractivity contribution in [2.45, 2.75) is 92.0 Å². The monoisotopic (exact) mass is 914 g/mol. The van der Waals surface area contributed by atoms with Crippen LogP contribution in [0.3, 0.4) is 0 Å². The van der Waals surface area contributed by atoms with E-state index in [-0.39, 0.29) is 17.1 Å². The number of fused-ring (bicyclic) bond motifs is 1. The van der Waals surface area contributed by atoms with E-state index < -0.39 is 61.6 Å². The number of hydrogen-bond acceptors (Lipinski definition) is 10. The van der Waals surface area contributed by atoms with Crippen LogP contribution in [0.25, 0.3) is 0 Å². The van der Waals surface area contributed by atoms with E-state index in [1.54, 1.807) is 7.11 Å². The Morgan fingerprint density at radius 3 is 1.56 bits per heavy atom. The summed E-state index contributed by atoms with van der Waals surface area (Å²) in [6, 6.07) is 50.3. The van der Waals surface area contributed by atoms with Crippen LogP contribution in [-0.4, -0.2) is 79.6 Å². The molecule has 3 aliphatic heterocycles. The quantitative estimate of drug-likeness (QED) is 0.0670. The van der Waals surface area contributed by atoms with Crippen molar-refractivity contribution in [3.05, 3.63) is 179 Å². The molecule has 8 rings (SSSR count). The van der Waals surface area contributed by atoms with E-state index in [9.17, 15) is 0 Å². The van der Waals surface area contributed by atoms with Gasteiger partial charge < -0.3 is 47.4 Å². The van der Waals surface area contributed by atoms with E-state index >= 15 is 0 Å². The second kappa shape index (κ2) is 21.3. The summed E-state index contributed by atoms with van der Waals surface area (Å²) in [5, 5.41) is 0. The van der Waals surface area contributed by atoms with Crippen molar-refractivity contribution < 1.29 is 47.4 Å². The van der Waals surface area contributed by atoms with E-state index in [0.29, 0.717) is 26.4 Å². The summed E-state index contributed by atoms with van der Waals surface area (Å²) in [6.07, 6.45) is -6.22. The normalized spacial score (nSPS) is 29.4. The Balaban J connectivity index is 1.09. The second-order valence-corrected chi connectivity index (χ2v) is 16.3. The first-order chi connectivity index (χ1) is 29.1. The van der Waals surface area contributed by atoms with Crippen LogP contribution >= 0.6 is 22.6 Å². The lowest BCUT2D eigenvalue weighted by Crippen LogP contribution is -2.66. The van der Waals surface area contributed by atoms with Gasteiger partial charge in [0.25, 0.3) is 0 Å². The first-order valence-corrected chi connectivity index (χ1v) is 21.4. The molecule has 0 aromatic heterocycles. The predicted molar refractivity (Wildman–Crippen MR) is 228 cm³/mol. The molecule has 0 aliphatic carbocycles. The third kappa shape index (κ3) is 11.0. The lowest BCUT2D eigenvalue weighted by Gasteiger charge is -2.51. The van der Waals surface area contributed by atoms with Gasteiger partial charge in [0.2, 0.25) is 0 Å². The lowest BCUT2D eigenvalue weighted by atomic mass is 9.96. The minimum absolute atomic E-state index is 0.232. The molecular formula is C48H51IO10. The molecule has 0 bridgehead atoms. The molecule has 3 fully saturated rings. The average Bonchev–Trinajstić information content (AvgIpc) is 3.30. The lowest BCUT2D eigenvalue weighted by molar-refractivity contribution is -0.387. The standard InChI is InChI=1S/C48H51IO10/c1-50-48-45(44(54-30-36-23-13-5-14-24-36)42-39(57-48)32-55-46(58-42)37-25-15-6-16-26-37)59-47-40(49)43(53-29-35-21-11-4-12-22-35)41(52-28-34-19-9-3-10-20-34)38(56-47)31-51-27-33-17-7-2-8-18-33/h2-26,38-48H,27-32H2,1H3/t38-,39-,40-,41-,42-,43+,44+,45-,46-,47+,48+/m1/s1. The van der Waals surface area contributed by atoms with Crippen LogP contribution in [0.15, 0.2) is 152 Å². The van der Waals surface area contributed by atoms with Crippen LogP contribution in [0.4, 0.5) is 0 Å². The molecule has 11 atom stereocenters. The predicted octanol–water partition coefficient (Wildman–Crippen LogP) is 8.36. The van der Waals surface area contributed by atoms with Gasteiger partial charge in [0.15, 0.2) is 18.9 Å². The van der Waals surface area contributed by atoms with Crippen LogP contribution in [0, 0.1) is 0 Å². The fraction of sp³-hybridized carbons (Fsp3) is 0.375. The first kappa shape index (κ1) is 42.1. The molecule has 0 unspecified atom stereocenters. The molecule has 0 saturated carbocycles. The average molecular weight is 915 g/mol. The van der Waals surface area contributed by atoms with Crippen molar-refractivity contribution in [1.82, 2.24) is 0 Å². The Morgan fingerprint density at radius 1 is 0.525 bits per heavy atom. The Morgan fingerprint density at radius 2 is 1.02 bits per heavy atom. The van der Waals surface area contributed by atoms with Gasteiger partial charge in [-0.3, -0.25) is 0 Å². The van der Waals surface area contributed by atoms with Gasteiger partial charge in [0.05, 0.1) is 43.6 Å². The van der Waals surface area contributed by atoms with Crippen LogP contribution in [0.1, 0.15) is 34.1 Å². The van der Waals surface area contributed by atoms with Gasteiger partial charge in [-0.2, -0.15) is 0 Å². The number of benzene rings is 5. The molecular weight excluding hydrogens is 863 g/mol. The summed E-state index contributed by atoms with van der Waals surface area (Å²) in [7, 11) is 1.61. The number of ether oxygens (including phenoxy) is 10. The highest BCUT2D eigenvalue weighted by Crippen LogP contribution is 2.40. The molecule has 310 valence electrons. The molecule has 0 amide bonds. The minimum atomic E-state index is -0.826. The number of rotatable bonds is 17. The summed E-state index contributed by atoms with van der Waals surface area (Å²) in [5.74, 6) is 0. The van der Waals surface area contributed by atoms with Crippen molar-refractivity contribution >= 4 is 22.6 Å². The van der Waals surface area contributed by atoms with Gasteiger partial charge >= 0.3 is 0 Å². The van der Waals surface area contributed by atoms with Gasteiger partial charge in [-0.05, 0) is 22.3 Å². The van der Waals surface area contributed by atoms with E-state index in [0.717, 1.165) is 27.8 Å².